The highest BCUT2D eigenvalue weighted by Crippen LogP contribution is 2.26. The standard InChI is InChI=1S/C21H21F3N4O2.ClH/c22-21(23,24)13-25-11-4-3-10-18(29)26-15-7-5-6-14(12-15)19-16-8-1-2-9-17(16)20(30)28-27-19;/h1-2,5-9,12,25H,3-4,10-11,13H2,(H,26,29)(H,28,30);1H. The van der Waals surface area contributed by atoms with Gasteiger partial charge in [-0.2, -0.15) is 18.3 Å². The summed E-state index contributed by atoms with van der Waals surface area (Å²) < 4.78 is 36.1. The molecule has 3 N–H and O–H groups in total. The van der Waals surface area contributed by atoms with Gasteiger partial charge in [0.05, 0.1) is 17.6 Å². The number of nitrogens with one attached hydrogen (secondary N) is 3. The van der Waals surface area contributed by atoms with E-state index in [1.54, 1.807) is 30.3 Å². The van der Waals surface area contributed by atoms with Crippen molar-refractivity contribution in [1.82, 2.24) is 15.5 Å². The fourth-order valence-electron chi connectivity index (χ4n) is 3.07. The minimum atomic E-state index is -4.23. The van der Waals surface area contributed by atoms with Gasteiger partial charge in [-0.1, -0.05) is 30.3 Å². The summed E-state index contributed by atoms with van der Waals surface area (Å²) in [6.45, 7) is -0.827. The number of H-pyrrole nitrogens is 1. The maximum atomic E-state index is 12.1. The number of unbranched alkanes of at least 4 members (excludes halogenated alkanes) is 1. The van der Waals surface area contributed by atoms with Crippen LogP contribution in [0.4, 0.5) is 18.9 Å². The molecule has 0 fully saturated rings. The number of amides is 1. The molecule has 0 radical (unpaired) electrons. The molecular weight excluding hydrogens is 433 g/mol. The van der Waals surface area contributed by atoms with Crippen LogP contribution < -0.4 is 16.2 Å². The van der Waals surface area contributed by atoms with Crippen molar-refractivity contribution >= 4 is 34.8 Å². The van der Waals surface area contributed by atoms with E-state index in [1.807, 2.05) is 18.2 Å². The van der Waals surface area contributed by atoms with Crippen molar-refractivity contribution in [3.05, 3.63) is 58.9 Å². The molecule has 0 bridgehead atoms. The summed E-state index contributed by atoms with van der Waals surface area (Å²) >= 11 is 0. The molecule has 3 aromatic rings. The molecule has 31 heavy (non-hydrogen) atoms. The third kappa shape index (κ3) is 7.08. The molecule has 1 aromatic heterocycles. The first-order valence-electron chi connectivity index (χ1n) is 9.49. The van der Waals surface area contributed by atoms with Crippen LogP contribution in [0.25, 0.3) is 22.0 Å². The van der Waals surface area contributed by atoms with Gasteiger partial charge in [-0.25, -0.2) is 5.10 Å². The number of aromatic nitrogens is 2. The topological polar surface area (TPSA) is 86.9 Å². The fourth-order valence-corrected chi connectivity index (χ4v) is 3.07. The second-order valence-corrected chi connectivity index (χ2v) is 6.82. The van der Waals surface area contributed by atoms with Crippen molar-refractivity contribution in [1.29, 1.82) is 0 Å². The third-order valence-corrected chi connectivity index (χ3v) is 4.45. The lowest BCUT2D eigenvalue weighted by atomic mass is 10.0. The summed E-state index contributed by atoms with van der Waals surface area (Å²) in [6.07, 6.45) is -3.08. The number of benzene rings is 2. The van der Waals surface area contributed by atoms with Crippen molar-refractivity contribution in [2.24, 2.45) is 0 Å². The quantitative estimate of drug-likeness (QED) is 0.443. The summed E-state index contributed by atoms with van der Waals surface area (Å²) in [4.78, 5) is 24.1. The Morgan fingerprint density at radius 1 is 1.03 bits per heavy atom. The van der Waals surface area contributed by atoms with Gasteiger partial charge in [-0.05, 0) is 37.6 Å². The summed E-state index contributed by atoms with van der Waals surface area (Å²) in [7, 11) is 0. The Bertz CT molecular complexity index is 1090. The third-order valence-electron chi connectivity index (χ3n) is 4.45. The van der Waals surface area contributed by atoms with Gasteiger partial charge in [0.1, 0.15) is 0 Å². The first-order valence-corrected chi connectivity index (χ1v) is 9.49. The minimum Gasteiger partial charge on any atom is -0.326 e. The van der Waals surface area contributed by atoms with Crippen molar-refractivity contribution in [2.75, 3.05) is 18.4 Å². The number of hydrogen-bond acceptors (Lipinski definition) is 4. The molecule has 2 aromatic carbocycles. The molecular formula is C21H22ClF3N4O2. The van der Waals surface area contributed by atoms with E-state index in [-0.39, 0.29) is 36.8 Å². The molecule has 0 saturated heterocycles. The van der Waals surface area contributed by atoms with Crippen LogP contribution >= 0.6 is 12.4 Å². The molecule has 0 aliphatic carbocycles. The van der Waals surface area contributed by atoms with E-state index >= 15 is 0 Å². The van der Waals surface area contributed by atoms with E-state index in [1.165, 1.54) is 0 Å². The Hall–Kier alpha value is -2.91. The predicted octanol–water partition coefficient (Wildman–Crippen LogP) is 4.27. The Labute approximate surface area is 182 Å². The van der Waals surface area contributed by atoms with Crippen LogP contribution in [0.5, 0.6) is 0 Å². The van der Waals surface area contributed by atoms with E-state index in [2.05, 4.69) is 20.8 Å². The second-order valence-electron chi connectivity index (χ2n) is 6.82. The Morgan fingerprint density at radius 2 is 1.77 bits per heavy atom. The Balaban J connectivity index is 0.00000341. The molecule has 1 amide bonds. The van der Waals surface area contributed by atoms with Crippen LogP contribution in [0.2, 0.25) is 0 Å². The fraction of sp³-hybridized carbons (Fsp3) is 0.286. The maximum Gasteiger partial charge on any atom is 0.401 e. The number of hydrogen-bond donors (Lipinski definition) is 3. The number of halogens is 4. The molecule has 0 unspecified atom stereocenters. The zero-order valence-corrected chi connectivity index (χ0v) is 17.3. The molecule has 166 valence electrons. The van der Waals surface area contributed by atoms with Gasteiger partial charge < -0.3 is 10.6 Å². The minimum absolute atomic E-state index is 0. The molecule has 0 atom stereocenters. The smallest absolute Gasteiger partial charge is 0.326 e. The molecule has 6 nitrogen and oxygen atoms in total. The van der Waals surface area contributed by atoms with Gasteiger partial charge in [-0.3, -0.25) is 9.59 Å². The summed E-state index contributed by atoms with van der Waals surface area (Å²) in [5, 5.41) is 13.0. The van der Waals surface area contributed by atoms with Gasteiger partial charge in [0.15, 0.2) is 0 Å². The van der Waals surface area contributed by atoms with Crippen molar-refractivity contribution in [2.45, 2.75) is 25.4 Å². The molecule has 1 heterocycles. The van der Waals surface area contributed by atoms with Crippen LogP contribution in [0, 0.1) is 0 Å². The molecule has 0 aliphatic heterocycles. The number of aromatic amines is 1. The highest BCUT2D eigenvalue weighted by atomic mass is 35.5. The Morgan fingerprint density at radius 3 is 2.52 bits per heavy atom. The molecule has 0 saturated carbocycles. The van der Waals surface area contributed by atoms with E-state index in [4.69, 9.17) is 0 Å². The summed E-state index contributed by atoms with van der Waals surface area (Å²) in [6, 6.07) is 14.2. The van der Waals surface area contributed by atoms with Crippen molar-refractivity contribution < 1.29 is 18.0 Å². The van der Waals surface area contributed by atoms with Gasteiger partial charge >= 0.3 is 6.18 Å². The highest BCUT2D eigenvalue weighted by Gasteiger charge is 2.25. The molecule has 0 aliphatic rings. The SMILES string of the molecule is Cl.O=C(CCCCNCC(F)(F)F)Nc1cccc(-c2n[nH]c(=O)c3ccccc23)c1. The van der Waals surface area contributed by atoms with E-state index in [0.717, 1.165) is 5.56 Å². The van der Waals surface area contributed by atoms with Crippen LogP contribution in [-0.2, 0) is 4.79 Å². The second kappa shape index (κ2) is 10.9. The average molecular weight is 455 g/mol. The monoisotopic (exact) mass is 454 g/mol. The van der Waals surface area contributed by atoms with Gasteiger partial charge in [0, 0.05) is 23.1 Å². The van der Waals surface area contributed by atoms with Crippen LogP contribution in [-0.4, -0.2) is 35.4 Å². The normalized spacial score (nSPS) is 11.2. The molecule has 0 spiro atoms. The number of alkyl halides is 3. The lowest BCUT2D eigenvalue weighted by Crippen LogP contribution is -2.29. The number of rotatable bonds is 8. The first-order chi connectivity index (χ1) is 14.3. The van der Waals surface area contributed by atoms with Gasteiger partial charge in [-0.15, -0.1) is 12.4 Å². The van der Waals surface area contributed by atoms with E-state index < -0.39 is 12.7 Å². The molecule has 10 heteroatoms. The maximum absolute atomic E-state index is 12.1. The molecule has 3 rings (SSSR count). The van der Waals surface area contributed by atoms with Gasteiger partial charge in [0.25, 0.3) is 5.56 Å². The predicted molar refractivity (Wildman–Crippen MR) is 116 cm³/mol. The number of nitrogens with zero attached hydrogens (tertiary/aromatic N) is 1. The van der Waals surface area contributed by atoms with Crippen molar-refractivity contribution in [3.8, 4) is 11.3 Å². The number of anilines is 1. The average Bonchev–Trinajstić information content (AvgIpc) is 2.70. The largest absolute Gasteiger partial charge is 0.401 e. The van der Waals surface area contributed by atoms with Gasteiger partial charge in [0.2, 0.25) is 5.91 Å². The number of fused-ring (bicyclic) bond motifs is 1. The summed E-state index contributed by atoms with van der Waals surface area (Å²) in [5.74, 6) is -0.220. The van der Waals surface area contributed by atoms with Crippen LogP contribution in [0.3, 0.4) is 0 Å². The van der Waals surface area contributed by atoms with E-state index in [0.29, 0.717) is 35.0 Å². The highest BCUT2D eigenvalue weighted by molar-refractivity contribution is 5.95. The summed E-state index contributed by atoms with van der Waals surface area (Å²) in [5.41, 5.74) is 1.63. The Kier molecular flexibility index (Phi) is 8.58. The first kappa shape index (κ1) is 24.4. The van der Waals surface area contributed by atoms with Crippen LogP contribution in [0.15, 0.2) is 53.3 Å². The number of carbonyl (C=O) groups excluding carboxylic acids is 1. The lowest BCUT2D eigenvalue weighted by Gasteiger charge is -2.09. The van der Waals surface area contributed by atoms with Crippen molar-refractivity contribution in [3.63, 3.8) is 0 Å². The van der Waals surface area contributed by atoms with E-state index in [9.17, 15) is 22.8 Å². The van der Waals surface area contributed by atoms with Crippen LogP contribution in [0.1, 0.15) is 19.3 Å². The number of carbonyl (C=O) groups is 1. The lowest BCUT2D eigenvalue weighted by molar-refractivity contribution is -0.124. The zero-order valence-electron chi connectivity index (χ0n) is 16.5. The zero-order chi connectivity index (χ0) is 21.6.